The van der Waals surface area contributed by atoms with Gasteiger partial charge in [0.2, 0.25) is 0 Å². The van der Waals surface area contributed by atoms with Crippen LogP contribution >= 0.6 is 0 Å². The molecule has 0 saturated heterocycles. The molecule has 0 aliphatic heterocycles. The van der Waals surface area contributed by atoms with Gasteiger partial charge in [0.15, 0.2) is 0 Å². The van der Waals surface area contributed by atoms with Crippen LogP contribution in [0.4, 0.5) is 0 Å². The first-order valence-corrected chi connectivity index (χ1v) is 6.41. The Bertz CT molecular complexity index is 317. The van der Waals surface area contributed by atoms with Crippen LogP contribution in [0, 0.1) is 11.8 Å². The maximum Gasteiger partial charge on any atom is 0.0563 e. The molecule has 1 aliphatic rings. The van der Waals surface area contributed by atoms with Gasteiger partial charge in [-0.05, 0) is 42.6 Å². The highest BCUT2D eigenvalue weighted by Crippen LogP contribution is 2.50. The third-order valence-corrected chi connectivity index (χ3v) is 3.75. The summed E-state index contributed by atoms with van der Waals surface area (Å²) in [6.45, 7) is 4.18. The molecule has 88 valence electrons. The normalized spacial score (nSPS) is 25.8. The Morgan fingerprint density at radius 1 is 1.25 bits per heavy atom. The van der Waals surface area contributed by atoms with Gasteiger partial charge in [-0.25, -0.2) is 0 Å². The van der Waals surface area contributed by atoms with Gasteiger partial charge in [0.25, 0.3) is 0 Å². The summed E-state index contributed by atoms with van der Waals surface area (Å²) in [5.41, 5.74) is 1.48. The molecular weight excluding hydrogens is 196 g/mol. The summed E-state index contributed by atoms with van der Waals surface area (Å²) in [5, 5.41) is 9.76. The van der Waals surface area contributed by atoms with Gasteiger partial charge in [0.05, 0.1) is 6.10 Å². The Kier molecular flexibility index (Phi) is 3.65. The van der Waals surface area contributed by atoms with Crippen molar-refractivity contribution in [3.8, 4) is 0 Å². The molecule has 1 aromatic carbocycles. The van der Waals surface area contributed by atoms with Crippen molar-refractivity contribution in [3.05, 3.63) is 35.9 Å². The quantitative estimate of drug-likeness (QED) is 0.800. The summed E-state index contributed by atoms with van der Waals surface area (Å²) in [6.07, 6.45) is 3.34. The predicted molar refractivity (Wildman–Crippen MR) is 67.4 cm³/mol. The van der Waals surface area contributed by atoms with Crippen LogP contribution in [0.2, 0.25) is 0 Å². The molecule has 2 rings (SSSR count). The number of aliphatic hydroxyl groups is 1. The molecule has 1 saturated carbocycles. The first-order valence-electron chi connectivity index (χ1n) is 6.41. The van der Waals surface area contributed by atoms with Crippen molar-refractivity contribution in [2.24, 2.45) is 11.8 Å². The topological polar surface area (TPSA) is 20.2 Å². The molecule has 1 heteroatoms. The maximum absolute atomic E-state index is 9.76. The van der Waals surface area contributed by atoms with Crippen molar-refractivity contribution in [1.29, 1.82) is 0 Å². The van der Waals surface area contributed by atoms with E-state index in [1.807, 2.05) is 0 Å². The van der Waals surface area contributed by atoms with E-state index in [0.717, 1.165) is 18.3 Å². The van der Waals surface area contributed by atoms with Crippen LogP contribution in [0.25, 0.3) is 0 Å². The van der Waals surface area contributed by atoms with Crippen LogP contribution in [0.5, 0.6) is 0 Å². The lowest BCUT2D eigenvalue weighted by molar-refractivity contribution is 0.112. The van der Waals surface area contributed by atoms with E-state index in [9.17, 15) is 5.11 Å². The van der Waals surface area contributed by atoms with Crippen LogP contribution in [0.3, 0.4) is 0 Å². The van der Waals surface area contributed by atoms with Crippen molar-refractivity contribution in [2.45, 2.75) is 45.1 Å². The molecule has 0 radical (unpaired) electrons. The fourth-order valence-corrected chi connectivity index (χ4v) is 2.39. The van der Waals surface area contributed by atoms with Gasteiger partial charge in [-0.3, -0.25) is 0 Å². The standard InChI is InChI=1S/C15H22O/c1-11(2)15(16)9-8-13-10-14(13)12-6-4-3-5-7-12/h3-7,11,13-16H,8-10H2,1-2H3. The van der Waals surface area contributed by atoms with Crippen molar-refractivity contribution in [1.82, 2.24) is 0 Å². The Labute approximate surface area is 98.5 Å². The summed E-state index contributed by atoms with van der Waals surface area (Å²) in [5.74, 6) is 1.98. The fraction of sp³-hybridized carbons (Fsp3) is 0.600. The van der Waals surface area contributed by atoms with E-state index in [4.69, 9.17) is 0 Å². The monoisotopic (exact) mass is 218 g/mol. The van der Waals surface area contributed by atoms with Crippen molar-refractivity contribution in [3.63, 3.8) is 0 Å². The molecular formula is C15H22O. The first kappa shape index (κ1) is 11.7. The first-order chi connectivity index (χ1) is 7.68. The van der Waals surface area contributed by atoms with Crippen LogP contribution in [-0.2, 0) is 0 Å². The second kappa shape index (κ2) is 5.01. The Balaban J connectivity index is 1.76. The lowest BCUT2D eigenvalue weighted by Crippen LogP contribution is -2.14. The van der Waals surface area contributed by atoms with Crippen LogP contribution in [0.15, 0.2) is 30.3 Å². The highest BCUT2D eigenvalue weighted by Gasteiger charge is 2.37. The van der Waals surface area contributed by atoms with Gasteiger partial charge < -0.3 is 5.11 Å². The number of hydrogen-bond donors (Lipinski definition) is 1. The minimum atomic E-state index is -0.114. The SMILES string of the molecule is CC(C)C(O)CCC1CC1c1ccccc1. The molecule has 16 heavy (non-hydrogen) atoms. The molecule has 0 bridgehead atoms. The zero-order valence-corrected chi connectivity index (χ0v) is 10.3. The summed E-state index contributed by atoms with van der Waals surface area (Å²) >= 11 is 0. The van der Waals surface area contributed by atoms with Crippen molar-refractivity contribution in [2.75, 3.05) is 0 Å². The smallest absolute Gasteiger partial charge is 0.0563 e. The van der Waals surface area contributed by atoms with Gasteiger partial charge in [0.1, 0.15) is 0 Å². The van der Waals surface area contributed by atoms with Crippen LogP contribution < -0.4 is 0 Å². The minimum absolute atomic E-state index is 0.114. The highest BCUT2D eigenvalue weighted by molar-refractivity contribution is 5.25. The second-order valence-corrected chi connectivity index (χ2v) is 5.40. The minimum Gasteiger partial charge on any atom is -0.393 e. The average molecular weight is 218 g/mol. The molecule has 1 aromatic rings. The third kappa shape index (κ3) is 2.85. The van der Waals surface area contributed by atoms with E-state index in [1.54, 1.807) is 0 Å². The lowest BCUT2D eigenvalue weighted by atomic mass is 9.99. The summed E-state index contributed by atoms with van der Waals surface area (Å²) in [7, 11) is 0. The maximum atomic E-state index is 9.76. The van der Waals surface area contributed by atoms with E-state index in [0.29, 0.717) is 5.92 Å². The predicted octanol–water partition coefficient (Wildman–Crippen LogP) is 3.59. The number of hydrogen-bond acceptors (Lipinski definition) is 1. The molecule has 1 N–H and O–H groups in total. The molecule has 0 spiro atoms. The zero-order valence-electron chi connectivity index (χ0n) is 10.3. The largest absolute Gasteiger partial charge is 0.393 e. The molecule has 0 amide bonds. The van der Waals surface area contributed by atoms with E-state index in [2.05, 4.69) is 44.2 Å². The summed E-state index contributed by atoms with van der Waals surface area (Å²) in [6, 6.07) is 10.8. The molecule has 0 aromatic heterocycles. The molecule has 1 aliphatic carbocycles. The molecule has 1 fully saturated rings. The third-order valence-electron chi connectivity index (χ3n) is 3.75. The Morgan fingerprint density at radius 2 is 1.94 bits per heavy atom. The van der Waals surface area contributed by atoms with E-state index < -0.39 is 0 Å². The van der Waals surface area contributed by atoms with Gasteiger partial charge in [-0.1, -0.05) is 44.2 Å². The molecule has 3 atom stereocenters. The number of benzene rings is 1. The van der Waals surface area contributed by atoms with Gasteiger partial charge in [-0.2, -0.15) is 0 Å². The Hall–Kier alpha value is -0.820. The van der Waals surface area contributed by atoms with Gasteiger partial charge >= 0.3 is 0 Å². The summed E-state index contributed by atoms with van der Waals surface area (Å²) < 4.78 is 0. The average Bonchev–Trinajstić information content (AvgIpc) is 3.06. The highest BCUT2D eigenvalue weighted by atomic mass is 16.3. The van der Waals surface area contributed by atoms with Gasteiger partial charge in [-0.15, -0.1) is 0 Å². The zero-order chi connectivity index (χ0) is 11.5. The van der Waals surface area contributed by atoms with Gasteiger partial charge in [0, 0.05) is 0 Å². The van der Waals surface area contributed by atoms with Crippen LogP contribution in [-0.4, -0.2) is 11.2 Å². The fourth-order valence-electron chi connectivity index (χ4n) is 2.39. The van der Waals surface area contributed by atoms with Crippen molar-refractivity contribution < 1.29 is 5.11 Å². The Morgan fingerprint density at radius 3 is 2.56 bits per heavy atom. The van der Waals surface area contributed by atoms with E-state index in [1.165, 1.54) is 18.4 Å². The van der Waals surface area contributed by atoms with Crippen LogP contribution in [0.1, 0.15) is 44.6 Å². The lowest BCUT2D eigenvalue weighted by Gasteiger charge is -2.13. The number of rotatable bonds is 5. The van der Waals surface area contributed by atoms with E-state index in [-0.39, 0.29) is 6.10 Å². The van der Waals surface area contributed by atoms with E-state index >= 15 is 0 Å². The molecule has 3 unspecified atom stereocenters. The molecule has 1 nitrogen and oxygen atoms in total. The molecule has 0 heterocycles. The van der Waals surface area contributed by atoms with Crippen molar-refractivity contribution >= 4 is 0 Å². The number of aliphatic hydroxyl groups excluding tert-OH is 1. The second-order valence-electron chi connectivity index (χ2n) is 5.40. The summed E-state index contributed by atoms with van der Waals surface area (Å²) in [4.78, 5) is 0.